The van der Waals surface area contributed by atoms with Crippen molar-refractivity contribution in [2.75, 3.05) is 24.2 Å². The van der Waals surface area contributed by atoms with Crippen molar-refractivity contribution in [2.24, 2.45) is 0 Å². The molecule has 0 spiro atoms. The molecule has 4 aromatic heterocycles. The van der Waals surface area contributed by atoms with Crippen LogP contribution in [0.5, 0.6) is 0 Å². The fourth-order valence-electron chi connectivity index (χ4n) is 5.00. The number of rotatable bonds is 8. The summed E-state index contributed by atoms with van der Waals surface area (Å²) in [6, 6.07) is 7.63. The number of aromatic nitrogens is 5. The van der Waals surface area contributed by atoms with Crippen LogP contribution in [0, 0.1) is 5.82 Å². The van der Waals surface area contributed by atoms with Gasteiger partial charge < -0.3 is 26.3 Å². The number of hydrogen-bond acceptors (Lipinski definition) is 8. The summed E-state index contributed by atoms with van der Waals surface area (Å²) in [5, 5.41) is 6.64. The fraction of sp³-hybridized carbons (Fsp3) is 0.200. The second-order valence-corrected chi connectivity index (χ2v) is 9.66. The number of halogens is 1. The molecule has 0 aromatic carbocycles. The molecule has 6 heterocycles. The van der Waals surface area contributed by atoms with Crippen LogP contribution in [0.2, 0.25) is 0 Å². The summed E-state index contributed by atoms with van der Waals surface area (Å²) < 4.78 is 16.5. The van der Waals surface area contributed by atoms with E-state index < -0.39 is 0 Å². The van der Waals surface area contributed by atoms with E-state index in [1.54, 1.807) is 24.8 Å². The second kappa shape index (κ2) is 10.4. The smallest absolute Gasteiger partial charge is 0.150 e. The van der Waals surface area contributed by atoms with Crippen molar-refractivity contribution in [1.82, 2.24) is 35.6 Å². The molecular formula is C30H30FN9. The van der Waals surface area contributed by atoms with Gasteiger partial charge in [0.05, 0.1) is 28.2 Å². The van der Waals surface area contributed by atoms with Gasteiger partial charge in [-0.2, -0.15) is 0 Å². The Hall–Kier alpha value is -4.83. The highest BCUT2D eigenvalue weighted by molar-refractivity contribution is 5.94. The maximum Gasteiger partial charge on any atom is 0.150 e. The Morgan fingerprint density at radius 2 is 2.10 bits per heavy atom. The molecule has 5 N–H and O–H groups in total. The number of nitrogens with zero attached hydrogens (tertiary/aromatic N) is 5. The molecule has 0 bridgehead atoms. The predicted molar refractivity (Wildman–Crippen MR) is 155 cm³/mol. The molecule has 202 valence electrons. The highest BCUT2D eigenvalue weighted by Crippen LogP contribution is 2.46. The zero-order valence-corrected chi connectivity index (χ0v) is 22.5. The quantitative estimate of drug-likeness (QED) is 0.195. The van der Waals surface area contributed by atoms with Crippen molar-refractivity contribution < 1.29 is 4.39 Å². The van der Waals surface area contributed by atoms with Gasteiger partial charge in [0.2, 0.25) is 0 Å². The topological polar surface area (TPSA) is 131 Å². The van der Waals surface area contributed by atoms with Crippen LogP contribution in [0.15, 0.2) is 73.0 Å². The van der Waals surface area contributed by atoms with Gasteiger partial charge in [-0.1, -0.05) is 31.2 Å². The van der Waals surface area contributed by atoms with Gasteiger partial charge in [-0.15, -0.1) is 0 Å². The molecule has 40 heavy (non-hydrogen) atoms. The van der Waals surface area contributed by atoms with Crippen molar-refractivity contribution in [1.29, 1.82) is 0 Å². The van der Waals surface area contributed by atoms with Gasteiger partial charge in [-0.25, -0.2) is 14.4 Å². The summed E-state index contributed by atoms with van der Waals surface area (Å²) in [6.07, 6.45) is 12.4. The van der Waals surface area contributed by atoms with Crippen LogP contribution in [0.25, 0.3) is 22.3 Å². The van der Waals surface area contributed by atoms with Crippen LogP contribution in [0.1, 0.15) is 42.2 Å². The number of nitrogens with one attached hydrogen (secondary N) is 3. The van der Waals surface area contributed by atoms with Crippen LogP contribution in [0.3, 0.4) is 0 Å². The first-order valence-corrected chi connectivity index (χ1v) is 13.2. The van der Waals surface area contributed by atoms with Crippen LogP contribution < -0.4 is 21.3 Å². The van der Waals surface area contributed by atoms with E-state index in [0.717, 1.165) is 29.1 Å². The first-order valence-electron chi connectivity index (χ1n) is 13.2. The molecule has 1 unspecified atom stereocenters. The van der Waals surface area contributed by atoms with Crippen molar-refractivity contribution in [3.63, 3.8) is 0 Å². The Kier molecular flexibility index (Phi) is 6.61. The van der Waals surface area contributed by atoms with Gasteiger partial charge in [-0.05, 0) is 37.2 Å². The molecule has 2 aliphatic heterocycles. The third-order valence-corrected chi connectivity index (χ3v) is 7.04. The van der Waals surface area contributed by atoms with E-state index in [1.165, 1.54) is 0 Å². The summed E-state index contributed by atoms with van der Waals surface area (Å²) >= 11 is 0. The van der Waals surface area contributed by atoms with Gasteiger partial charge in [0, 0.05) is 55.1 Å². The summed E-state index contributed by atoms with van der Waals surface area (Å²) in [5.74, 6) is 0.899. The standard InChI is InChI=1S/C30H30FN9/c1-4-6-9-19(21-10-7-8-11-35-21)25-27(32)39-28(37-25)23-22-24(31)20(16-36-29(22)40(3)30-26(23)38-30)18-12-17(13-33-5-2)14-34-15-18/h4,6-12,14-16,30,33,38H,5,13,32H2,1-3H3,(H,37,39)/b6-4?,19-9-. The van der Waals surface area contributed by atoms with Gasteiger partial charge in [0.15, 0.2) is 0 Å². The zero-order valence-electron chi connectivity index (χ0n) is 22.5. The third-order valence-electron chi connectivity index (χ3n) is 7.04. The SMILES string of the molecule is CC=C/C=C(/c1ccccn1)c1[nH]c(C2=C3NC3N(C)c3ncc(-c4cncc(CNCC)c4)c(F)c32)nc1N. The minimum atomic E-state index is -0.389. The van der Waals surface area contributed by atoms with Gasteiger partial charge >= 0.3 is 0 Å². The summed E-state index contributed by atoms with van der Waals surface area (Å²) in [6.45, 7) is 5.46. The molecule has 10 heteroatoms. The second-order valence-electron chi connectivity index (χ2n) is 9.66. The number of aromatic amines is 1. The largest absolute Gasteiger partial charge is 0.382 e. The fourth-order valence-corrected chi connectivity index (χ4v) is 5.00. The average Bonchev–Trinajstić information content (AvgIpc) is 3.69. The number of nitrogens with two attached hydrogens (primary N) is 1. The van der Waals surface area contributed by atoms with E-state index in [-0.39, 0.29) is 12.0 Å². The normalized spacial score (nSPS) is 16.2. The Morgan fingerprint density at radius 3 is 2.88 bits per heavy atom. The minimum absolute atomic E-state index is 0.0889. The minimum Gasteiger partial charge on any atom is -0.382 e. The van der Waals surface area contributed by atoms with Crippen LogP contribution in [-0.2, 0) is 6.54 Å². The molecule has 0 aliphatic carbocycles. The lowest BCUT2D eigenvalue weighted by atomic mass is 9.96. The molecule has 0 amide bonds. The lowest BCUT2D eigenvalue weighted by Crippen LogP contribution is -2.28. The maximum atomic E-state index is 16.5. The Bertz CT molecular complexity index is 1670. The van der Waals surface area contributed by atoms with E-state index in [4.69, 9.17) is 10.7 Å². The number of hydrogen-bond donors (Lipinski definition) is 4. The van der Waals surface area contributed by atoms with Gasteiger partial charge in [0.25, 0.3) is 0 Å². The number of pyridine rings is 3. The molecule has 1 atom stereocenters. The lowest BCUT2D eigenvalue weighted by molar-refractivity contribution is 0.623. The molecule has 6 rings (SSSR count). The summed E-state index contributed by atoms with van der Waals surface area (Å²) in [4.78, 5) is 23.5. The maximum absolute atomic E-state index is 16.5. The van der Waals surface area contributed by atoms with E-state index in [9.17, 15) is 0 Å². The molecule has 0 saturated carbocycles. The number of fused-ring (bicyclic) bond motifs is 2. The number of likely N-dealkylation sites (N-methyl/N-ethyl adjacent to an activating group) is 1. The third kappa shape index (κ3) is 4.42. The van der Waals surface area contributed by atoms with Crippen molar-refractivity contribution >= 4 is 22.8 Å². The van der Waals surface area contributed by atoms with Crippen molar-refractivity contribution in [3.8, 4) is 11.1 Å². The zero-order chi connectivity index (χ0) is 27.8. The summed E-state index contributed by atoms with van der Waals surface area (Å²) in [7, 11) is 1.89. The summed E-state index contributed by atoms with van der Waals surface area (Å²) in [5.41, 5.74) is 12.5. The molecule has 2 aliphatic rings. The molecule has 0 radical (unpaired) electrons. The number of allylic oxidation sites excluding steroid dienone is 3. The van der Waals surface area contributed by atoms with Crippen molar-refractivity contribution in [3.05, 3.63) is 107 Å². The van der Waals surface area contributed by atoms with Crippen LogP contribution >= 0.6 is 0 Å². The first-order chi connectivity index (χ1) is 19.5. The molecule has 4 aromatic rings. The first kappa shape index (κ1) is 25.4. The number of H-pyrrole nitrogens is 1. The highest BCUT2D eigenvalue weighted by atomic mass is 19.1. The number of nitrogen functional groups attached to an aromatic ring is 1. The molecule has 9 nitrogen and oxygen atoms in total. The number of imidazole rings is 1. The molecule has 1 fully saturated rings. The molecule has 1 saturated heterocycles. The van der Waals surface area contributed by atoms with Gasteiger partial charge in [0.1, 0.15) is 29.4 Å². The predicted octanol–water partition coefficient (Wildman–Crippen LogP) is 4.24. The lowest BCUT2D eigenvalue weighted by Gasteiger charge is -2.24. The van der Waals surface area contributed by atoms with E-state index >= 15 is 4.39 Å². The Morgan fingerprint density at radius 1 is 1.23 bits per heavy atom. The van der Waals surface area contributed by atoms with Crippen LogP contribution in [-0.4, -0.2) is 44.7 Å². The monoisotopic (exact) mass is 535 g/mol. The van der Waals surface area contributed by atoms with Crippen molar-refractivity contribution in [2.45, 2.75) is 26.6 Å². The number of anilines is 2. The Balaban J connectivity index is 1.47. The Labute approximate surface area is 231 Å². The average molecular weight is 536 g/mol. The van der Waals surface area contributed by atoms with E-state index in [1.807, 2.05) is 68.3 Å². The van der Waals surface area contributed by atoms with Crippen LogP contribution in [0.4, 0.5) is 16.0 Å². The van der Waals surface area contributed by atoms with E-state index in [2.05, 4.69) is 30.6 Å². The molecular weight excluding hydrogens is 505 g/mol. The highest BCUT2D eigenvalue weighted by Gasteiger charge is 2.45. The van der Waals surface area contributed by atoms with Gasteiger partial charge in [-0.3, -0.25) is 9.97 Å². The van der Waals surface area contributed by atoms with E-state index in [0.29, 0.717) is 52.0 Å².